The molecule has 0 amide bonds. The SMILES string of the molecule is CCCc1nnc2c3c4c(sc3ncn12)C[C@H](C)CC4. The quantitative estimate of drug-likeness (QED) is 0.725. The molecule has 0 saturated heterocycles. The molecule has 0 N–H and O–H groups in total. The minimum absolute atomic E-state index is 0.792. The van der Waals surface area contributed by atoms with Crippen LogP contribution in [0.4, 0.5) is 0 Å². The van der Waals surface area contributed by atoms with Crippen LogP contribution >= 0.6 is 11.3 Å². The number of rotatable bonds is 2. The first kappa shape index (κ1) is 12.3. The standard InChI is InChI=1S/C15H18N4S/c1-3-4-12-17-18-14-13-10-6-5-9(2)7-11(10)20-15(13)16-8-19(12)14/h8-9H,3-7H2,1-2H3/t9-/m1/s1. The van der Waals surface area contributed by atoms with Crippen molar-refractivity contribution in [1.82, 2.24) is 19.6 Å². The van der Waals surface area contributed by atoms with Gasteiger partial charge in [-0.1, -0.05) is 13.8 Å². The van der Waals surface area contributed by atoms with E-state index < -0.39 is 0 Å². The van der Waals surface area contributed by atoms with Gasteiger partial charge in [0.05, 0.1) is 5.39 Å². The van der Waals surface area contributed by atoms with Crippen molar-refractivity contribution in [1.29, 1.82) is 0 Å². The maximum Gasteiger partial charge on any atom is 0.172 e. The molecule has 3 heterocycles. The Morgan fingerprint density at radius 1 is 1.40 bits per heavy atom. The van der Waals surface area contributed by atoms with Crippen LogP contribution in [0.2, 0.25) is 0 Å². The van der Waals surface area contributed by atoms with Crippen molar-refractivity contribution in [3.63, 3.8) is 0 Å². The second-order valence-electron chi connectivity index (χ2n) is 5.84. The molecule has 4 rings (SSSR count). The molecule has 1 aliphatic rings. The van der Waals surface area contributed by atoms with E-state index in [1.165, 1.54) is 28.7 Å². The molecule has 0 aromatic carbocycles. The zero-order chi connectivity index (χ0) is 13.7. The highest BCUT2D eigenvalue weighted by Crippen LogP contribution is 2.38. The molecule has 5 heteroatoms. The van der Waals surface area contributed by atoms with Crippen molar-refractivity contribution in [2.75, 3.05) is 0 Å². The van der Waals surface area contributed by atoms with Crippen molar-refractivity contribution < 1.29 is 0 Å². The van der Waals surface area contributed by atoms with Gasteiger partial charge in [0.1, 0.15) is 17.0 Å². The summed E-state index contributed by atoms with van der Waals surface area (Å²) < 4.78 is 2.08. The van der Waals surface area contributed by atoms with Crippen LogP contribution in [0.1, 0.15) is 43.0 Å². The Hall–Kier alpha value is -1.49. The van der Waals surface area contributed by atoms with Gasteiger partial charge in [0, 0.05) is 11.3 Å². The van der Waals surface area contributed by atoms with Crippen molar-refractivity contribution in [2.24, 2.45) is 5.92 Å². The van der Waals surface area contributed by atoms with Gasteiger partial charge in [-0.25, -0.2) is 4.98 Å². The zero-order valence-corrected chi connectivity index (χ0v) is 12.7. The van der Waals surface area contributed by atoms with Crippen LogP contribution in [0.3, 0.4) is 0 Å². The van der Waals surface area contributed by atoms with Gasteiger partial charge >= 0.3 is 0 Å². The molecule has 4 nitrogen and oxygen atoms in total. The van der Waals surface area contributed by atoms with Gasteiger partial charge in [-0.2, -0.15) is 0 Å². The number of hydrogen-bond donors (Lipinski definition) is 0. The lowest BCUT2D eigenvalue weighted by Crippen LogP contribution is -2.08. The van der Waals surface area contributed by atoms with E-state index in [1.807, 2.05) is 17.7 Å². The predicted molar refractivity (Wildman–Crippen MR) is 81.3 cm³/mol. The Balaban J connectivity index is 1.99. The molecular formula is C15H18N4S. The van der Waals surface area contributed by atoms with Crippen molar-refractivity contribution in [2.45, 2.75) is 46.0 Å². The summed E-state index contributed by atoms with van der Waals surface area (Å²) in [5.74, 6) is 1.82. The molecule has 0 spiro atoms. The van der Waals surface area contributed by atoms with E-state index in [0.29, 0.717) is 0 Å². The van der Waals surface area contributed by atoms with Gasteiger partial charge in [-0.3, -0.25) is 4.40 Å². The highest BCUT2D eigenvalue weighted by atomic mass is 32.1. The van der Waals surface area contributed by atoms with Gasteiger partial charge in [-0.05, 0) is 37.2 Å². The molecule has 1 atom stereocenters. The number of hydrogen-bond acceptors (Lipinski definition) is 4. The lowest BCUT2D eigenvalue weighted by Gasteiger charge is -2.17. The molecule has 1 aliphatic carbocycles. The normalized spacial score (nSPS) is 18.8. The summed E-state index contributed by atoms with van der Waals surface area (Å²) >= 11 is 1.85. The summed E-state index contributed by atoms with van der Waals surface area (Å²) in [4.78, 5) is 7.30. The van der Waals surface area contributed by atoms with E-state index in [-0.39, 0.29) is 0 Å². The molecule has 20 heavy (non-hydrogen) atoms. The Kier molecular flexibility index (Phi) is 2.77. The number of fused-ring (bicyclic) bond motifs is 5. The Labute approximate surface area is 121 Å². The second kappa shape index (κ2) is 4.52. The highest BCUT2D eigenvalue weighted by molar-refractivity contribution is 7.19. The van der Waals surface area contributed by atoms with Crippen LogP contribution in [0, 0.1) is 5.92 Å². The fourth-order valence-corrected chi connectivity index (χ4v) is 4.52. The lowest BCUT2D eigenvalue weighted by atomic mass is 9.89. The second-order valence-corrected chi connectivity index (χ2v) is 6.92. The monoisotopic (exact) mass is 286 g/mol. The maximum atomic E-state index is 4.66. The number of aromatic nitrogens is 4. The number of nitrogens with zero attached hydrogens (tertiary/aromatic N) is 4. The number of aryl methyl sites for hydroxylation is 2. The van der Waals surface area contributed by atoms with Crippen molar-refractivity contribution in [3.8, 4) is 0 Å². The smallest absolute Gasteiger partial charge is 0.172 e. The molecule has 0 bridgehead atoms. The molecule has 104 valence electrons. The van der Waals surface area contributed by atoms with Crippen LogP contribution in [-0.2, 0) is 19.3 Å². The topological polar surface area (TPSA) is 43.1 Å². The first-order chi connectivity index (χ1) is 9.78. The van der Waals surface area contributed by atoms with Gasteiger partial charge < -0.3 is 0 Å². The summed E-state index contributed by atoms with van der Waals surface area (Å²) in [5.41, 5.74) is 2.49. The van der Waals surface area contributed by atoms with Crippen molar-refractivity contribution in [3.05, 3.63) is 22.6 Å². The van der Waals surface area contributed by atoms with E-state index in [1.54, 1.807) is 0 Å². The third-order valence-corrected chi connectivity index (χ3v) is 5.41. The first-order valence-corrected chi connectivity index (χ1v) is 8.22. The van der Waals surface area contributed by atoms with Crippen LogP contribution in [0.5, 0.6) is 0 Å². The lowest BCUT2D eigenvalue weighted by molar-refractivity contribution is 0.509. The average Bonchev–Trinajstić information content (AvgIpc) is 2.99. The van der Waals surface area contributed by atoms with E-state index in [2.05, 4.69) is 33.4 Å². The van der Waals surface area contributed by atoms with E-state index in [9.17, 15) is 0 Å². The summed E-state index contributed by atoms with van der Waals surface area (Å²) in [6, 6.07) is 0. The molecule has 0 aliphatic heterocycles. The predicted octanol–water partition coefficient (Wildman–Crippen LogP) is 3.42. The summed E-state index contributed by atoms with van der Waals surface area (Å²) in [5, 5.41) is 10.1. The Morgan fingerprint density at radius 2 is 2.30 bits per heavy atom. The molecule has 0 saturated carbocycles. The summed E-state index contributed by atoms with van der Waals surface area (Å²) in [7, 11) is 0. The molecule has 0 unspecified atom stereocenters. The van der Waals surface area contributed by atoms with Gasteiger partial charge in [0.25, 0.3) is 0 Å². The fraction of sp³-hybridized carbons (Fsp3) is 0.533. The van der Waals surface area contributed by atoms with Crippen LogP contribution in [-0.4, -0.2) is 19.6 Å². The van der Waals surface area contributed by atoms with E-state index in [0.717, 1.165) is 41.5 Å². The molecule has 0 fully saturated rings. The van der Waals surface area contributed by atoms with Gasteiger partial charge in [0.15, 0.2) is 5.65 Å². The molecular weight excluding hydrogens is 268 g/mol. The van der Waals surface area contributed by atoms with Crippen LogP contribution in [0.25, 0.3) is 15.9 Å². The average molecular weight is 286 g/mol. The summed E-state index contributed by atoms with van der Waals surface area (Å²) in [6.07, 6.45) is 7.56. The molecule has 3 aromatic rings. The van der Waals surface area contributed by atoms with Gasteiger partial charge in [0.2, 0.25) is 0 Å². The number of thiophene rings is 1. The third-order valence-electron chi connectivity index (χ3n) is 4.25. The largest absolute Gasteiger partial charge is 0.269 e. The molecule has 0 radical (unpaired) electrons. The van der Waals surface area contributed by atoms with Crippen LogP contribution < -0.4 is 0 Å². The molecule has 3 aromatic heterocycles. The van der Waals surface area contributed by atoms with E-state index in [4.69, 9.17) is 0 Å². The Morgan fingerprint density at radius 3 is 3.15 bits per heavy atom. The van der Waals surface area contributed by atoms with Crippen LogP contribution in [0.15, 0.2) is 6.33 Å². The maximum absolute atomic E-state index is 4.66. The van der Waals surface area contributed by atoms with Gasteiger partial charge in [-0.15, -0.1) is 21.5 Å². The third kappa shape index (κ3) is 1.69. The summed E-state index contributed by atoms with van der Waals surface area (Å²) in [6.45, 7) is 4.51. The zero-order valence-electron chi connectivity index (χ0n) is 11.9. The van der Waals surface area contributed by atoms with Crippen molar-refractivity contribution >= 4 is 27.2 Å². The minimum Gasteiger partial charge on any atom is -0.269 e. The Bertz CT molecular complexity index is 786. The van der Waals surface area contributed by atoms with E-state index >= 15 is 0 Å². The highest BCUT2D eigenvalue weighted by Gasteiger charge is 2.23. The minimum atomic E-state index is 0.792. The first-order valence-electron chi connectivity index (χ1n) is 7.40. The fourth-order valence-electron chi connectivity index (χ4n) is 3.18.